The molecule has 1 heterocycles. The number of carbonyl (C=O) groups is 1. The Hall–Kier alpha value is -3.31. The Morgan fingerprint density at radius 1 is 1.19 bits per heavy atom. The number of aromatic hydroxyl groups is 1. The van der Waals surface area contributed by atoms with E-state index in [2.05, 4.69) is 19.4 Å². The normalized spacial score (nSPS) is 12.4. The molecule has 0 saturated carbocycles. The van der Waals surface area contributed by atoms with Crippen molar-refractivity contribution >= 4 is 34.4 Å². The van der Waals surface area contributed by atoms with Crippen LogP contribution in [0.5, 0.6) is 5.75 Å². The van der Waals surface area contributed by atoms with E-state index in [1.54, 1.807) is 27.1 Å². The van der Waals surface area contributed by atoms with Crippen LogP contribution in [-0.4, -0.2) is 43.3 Å². The molecule has 3 aromatic rings. The van der Waals surface area contributed by atoms with Crippen LogP contribution >= 0.6 is 11.1 Å². The first-order chi connectivity index (χ1) is 14.7. The second kappa shape index (κ2) is 9.23. The van der Waals surface area contributed by atoms with Crippen LogP contribution < -0.4 is 10.6 Å². The molecule has 3 N–H and O–H groups in total. The third kappa shape index (κ3) is 5.06. The number of hydrogen-bond donors (Lipinski definition) is 3. The molecule has 2 atom stereocenters. The first-order valence-electron chi connectivity index (χ1n) is 9.32. The van der Waals surface area contributed by atoms with E-state index < -0.39 is 34.7 Å². The van der Waals surface area contributed by atoms with E-state index in [0.717, 1.165) is 6.07 Å². The molecule has 1 aromatic heterocycles. The predicted octanol–water partition coefficient (Wildman–Crippen LogP) is 4.20. The minimum absolute atomic E-state index is 0.0541. The molecule has 0 aliphatic carbocycles. The van der Waals surface area contributed by atoms with Crippen LogP contribution in [0.2, 0.25) is 0 Å². The average Bonchev–Trinajstić information content (AvgIpc) is 3.05. The lowest BCUT2D eigenvalue weighted by molar-refractivity contribution is 0.0824. The molecule has 0 bridgehead atoms. The van der Waals surface area contributed by atoms with Gasteiger partial charge in [-0.05, 0) is 36.2 Å². The number of phenolic OH excluding ortho intramolecular Hbond substituents is 1. The number of carbonyl (C=O) groups excluding carboxylic acids is 1. The highest BCUT2D eigenvalue weighted by Crippen LogP contribution is 2.35. The molecule has 0 radical (unpaired) electrons. The zero-order chi connectivity index (χ0) is 22.7. The van der Waals surface area contributed by atoms with Gasteiger partial charge in [-0.1, -0.05) is 13.0 Å². The van der Waals surface area contributed by atoms with Crippen molar-refractivity contribution < 1.29 is 23.2 Å². The third-order valence-corrected chi connectivity index (χ3v) is 5.17. The number of nitrogens with zero attached hydrogens (tertiary/aromatic N) is 3. The third-order valence-electron chi connectivity index (χ3n) is 4.50. The molecule has 164 valence electrons. The highest BCUT2D eigenvalue weighted by Gasteiger charge is 2.23. The lowest BCUT2D eigenvalue weighted by atomic mass is 10.0. The maximum atomic E-state index is 13.6. The summed E-state index contributed by atoms with van der Waals surface area (Å²) in [5.41, 5.74) is 0.577. The average molecular weight is 449 g/mol. The summed E-state index contributed by atoms with van der Waals surface area (Å²) in [4.78, 5) is 13.5. The van der Waals surface area contributed by atoms with Crippen molar-refractivity contribution in [3.63, 3.8) is 0 Å². The van der Waals surface area contributed by atoms with Crippen molar-refractivity contribution in [2.75, 3.05) is 24.7 Å². The van der Waals surface area contributed by atoms with Gasteiger partial charge in [0.2, 0.25) is 11.6 Å². The van der Waals surface area contributed by atoms with Gasteiger partial charge in [-0.2, -0.15) is 0 Å². The summed E-state index contributed by atoms with van der Waals surface area (Å²) in [7, 11) is 3.11. The molecule has 0 fully saturated rings. The first kappa shape index (κ1) is 22.4. The fourth-order valence-corrected chi connectivity index (χ4v) is 3.61. The molecule has 31 heavy (non-hydrogen) atoms. The largest absolute Gasteiger partial charge is 0.546 e. The number of halogens is 2. The van der Waals surface area contributed by atoms with Gasteiger partial charge in [0.05, 0.1) is 17.3 Å². The van der Waals surface area contributed by atoms with Gasteiger partial charge in [0, 0.05) is 28.9 Å². The van der Waals surface area contributed by atoms with Crippen LogP contribution in [-0.2, 0) is 0 Å². The van der Waals surface area contributed by atoms with E-state index in [1.807, 2.05) is 0 Å². The quantitative estimate of drug-likeness (QED) is 0.366. The molecule has 0 spiro atoms. The summed E-state index contributed by atoms with van der Waals surface area (Å²) < 4.78 is 47.0. The topological polar surface area (TPSA) is 113 Å². The standard InChI is InChI=1S/C20H21F2N5O3S/c1-4-15(11-8-12(21)10-13(22)9-11)23-18-19(26-31(30)25-18)24-16-7-5-6-14(17(16)28)20(29)27(2)3/h5-10,15,28H,4H2,1-3H3,(H,23,25)(H,24,26)/t15-,31?/m1/s1. The van der Waals surface area contributed by atoms with Gasteiger partial charge in [-0.25, -0.2) is 8.78 Å². The molecule has 11 heteroatoms. The Morgan fingerprint density at radius 2 is 1.84 bits per heavy atom. The molecule has 0 saturated heterocycles. The van der Waals surface area contributed by atoms with Gasteiger partial charge in [0.15, 0.2) is 16.9 Å². The van der Waals surface area contributed by atoms with Gasteiger partial charge in [-0.15, -0.1) is 0 Å². The Morgan fingerprint density at radius 3 is 2.45 bits per heavy atom. The highest BCUT2D eigenvalue weighted by atomic mass is 32.2. The van der Waals surface area contributed by atoms with E-state index in [-0.39, 0.29) is 28.6 Å². The maximum absolute atomic E-state index is 13.6. The zero-order valence-corrected chi connectivity index (χ0v) is 17.8. The first-order valence-corrected chi connectivity index (χ1v) is 10.4. The van der Waals surface area contributed by atoms with Crippen molar-refractivity contribution in [3.05, 3.63) is 59.2 Å². The summed E-state index contributed by atoms with van der Waals surface area (Å²) in [6.45, 7) is 1.80. The smallest absolute Gasteiger partial charge is 0.257 e. The molecule has 0 aliphatic rings. The number of hydrogen-bond acceptors (Lipinski definition) is 7. The van der Waals surface area contributed by atoms with Crippen molar-refractivity contribution in [1.29, 1.82) is 0 Å². The maximum Gasteiger partial charge on any atom is 0.257 e. The van der Waals surface area contributed by atoms with Gasteiger partial charge in [0.25, 0.3) is 5.91 Å². The van der Waals surface area contributed by atoms with Gasteiger partial charge in [-0.3, -0.25) is 4.79 Å². The molecular formula is C20H21F2N5O3S. The zero-order valence-electron chi connectivity index (χ0n) is 17.0. The number of nitrogens with one attached hydrogen (secondary N) is 2. The SMILES string of the molecule is CC[C@@H](Nc1n[s+]([O-])nc1Nc1cccc(C(=O)N(C)C)c1O)c1cc(F)cc(F)c1. The van der Waals surface area contributed by atoms with Gasteiger partial charge < -0.3 is 25.2 Å². The molecule has 1 amide bonds. The van der Waals surface area contributed by atoms with E-state index >= 15 is 0 Å². The summed E-state index contributed by atoms with van der Waals surface area (Å²) in [5, 5.41) is 16.3. The van der Waals surface area contributed by atoms with Gasteiger partial charge >= 0.3 is 0 Å². The van der Waals surface area contributed by atoms with E-state index in [1.165, 1.54) is 29.2 Å². The predicted molar refractivity (Wildman–Crippen MR) is 113 cm³/mol. The number of anilines is 3. The fraction of sp³-hybridized carbons (Fsp3) is 0.250. The summed E-state index contributed by atoms with van der Waals surface area (Å²) >= 11 is -1.92. The number of benzene rings is 2. The Labute approximate surface area is 180 Å². The summed E-state index contributed by atoms with van der Waals surface area (Å²) in [6.07, 6.45) is 0.444. The number of amides is 1. The van der Waals surface area contributed by atoms with Crippen LogP contribution in [0.4, 0.5) is 26.1 Å². The Kier molecular flexibility index (Phi) is 6.66. The van der Waals surface area contributed by atoms with Gasteiger partial charge in [0.1, 0.15) is 11.6 Å². The van der Waals surface area contributed by atoms with E-state index in [0.29, 0.717) is 12.0 Å². The second-order valence-corrected chi connectivity index (χ2v) is 7.77. The van der Waals surface area contributed by atoms with E-state index in [9.17, 15) is 23.2 Å². The molecular weight excluding hydrogens is 428 g/mol. The molecule has 1 unspecified atom stereocenters. The van der Waals surface area contributed by atoms with Crippen LogP contribution in [0.25, 0.3) is 0 Å². The van der Waals surface area contributed by atoms with E-state index in [4.69, 9.17) is 0 Å². The Bertz CT molecular complexity index is 1090. The second-order valence-electron chi connectivity index (χ2n) is 6.94. The molecule has 3 rings (SSSR count). The lowest BCUT2D eigenvalue weighted by Gasteiger charge is -2.18. The Balaban J connectivity index is 1.91. The fourth-order valence-electron chi connectivity index (χ4n) is 2.99. The van der Waals surface area contributed by atoms with Crippen LogP contribution in [0.1, 0.15) is 35.3 Å². The summed E-state index contributed by atoms with van der Waals surface area (Å²) in [5.74, 6) is -1.99. The van der Waals surface area contributed by atoms with Crippen molar-refractivity contribution in [3.8, 4) is 5.75 Å². The van der Waals surface area contributed by atoms with Crippen molar-refractivity contribution in [2.45, 2.75) is 19.4 Å². The minimum atomic E-state index is -1.92. The number of rotatable bonds is 7. The van der Waals surface area contributed by atoms with Crippen LogP contribution in [0.15, 0.2) is 36.4 Å². The molecule has 2 aromatic carbocycles. The van der Waals surface area contributed by atoms with Crippen LogP contribution in [0, 0.1) is 11.6 Å². The van der Waals surface area contributed by atoms with Crippen molar-refractivity contribution in [1.82, 2.24) is 13.6 Å². The number of phenols is 1. The molecule has 8 nitrogen and oxygen atoms in total. The number of para-hydroxylation sites is 1. The summed E-state index contributed by atoms with van der Waals surface area (Å²) in [6, 6.07) is 7.18. The monoisotopic (exact) mass is 449 g/mol. The molecule has 0 aliphatic heterocycles. The minimum Gasteiger partial charge on any atom is -0.546 e. The number of aromatic nitrogens is 2. The highest BCUT2D eigenvalue weighted by molar-refractivity contribution is 7.14. The van der Waals surface area contributed by atoms with Crippen molar-refractivity contribution in [2.24, 2.45) is 0 Å². The lowest BCUT2D eigenvalue weighted by Crippen LogP contribution is -2.21. The van der Waals surface area contributed by atoms with Crippen LogP contribution in [0.3, 0.4) is 0 Å².